The van der Waals surface area contributed by atoms with E-state index in [-0.39, 0.29) is 5.91 Å². The number of fused-ring (bicyclic) bond motifs is 1. The number of nitrogens with zero attached hydrogens (tertiary/aromatic N) is 2. The predicted octanol–water partition coefficient (Wildman–Crippen LogP) is 2.23. The minimum Gasteiger partial charge on any atom is -0.444 e. The van der Waals surface area contributed by atoms with Crippen molar-refractivity contribution in [1.29, 1.82) is 0 Å². The van der Waals surface area contributed by atoms with Crippen LogP contribution in [0.3, 0.4) is 0 Å². The molecule has 3 rings (SSSR count). The fraction of sp³-hybridized carbons (Fsp3) is 0.545. The topological polar surface area (TPSA) is 84.8 Å². The second-order valence-corrected chi connectivity index (χ2v) is 8.39. The highest BCUT2D eigenvalue weighted by atomic mass is 16.6. The Morgan fingerprint density at radius 3 is 2.50 bits per heavy atom. The molecule has 2 heterocycles. The van der Waals surface area contributed by atoms with Crippen molar-refractivity contribution < 1.29 is 19.1 Å². The number of nitrogens with one attached hydrogen (secondary N) is 2. The van der Waals surface area contributed by atoms with Crippen molar-refractivity contribution in [3.63, 3.8) is 0 Å². The van der Waals surface area contributed by atoms with Crippen LogP contribution < -0.4 is 10.6 Å². The number of carbonyl (C=O) groups is 2. The summed E-state index contributed by atoms with van der Waals surface area (Å²) < 4.78 is 12.6. The summed E-state index contributed by atoms with van der Waals surface area (Å²) in [6.45, 7) is 11.2. The molecular weight excluding hydrogens is 384 g/mol. The van der Waals surface area contributed by atoms with E-state index in [0.717, 1.165) is 43.8 Å². The molecule has 1 fully saturated rings. The summed E-state index contributed by atoms with van der Waals surface area (Å²) in [6, 6.07) is 7.80. The molecule has 2 aromatic rings. The maximum atomic E-state index is 12.8. The molecule has 1 saturated heterocycles. The number of ether oxygens (including phenoxy) is 2. The minimum atomic E-state index is -0.531. The molecule has 1 aromatic carbocycles. The van der Waals surface area contributed by atoms with E-state index in [4.69, 9.17) is 9.47 Å². The lowest BCUT2D eigenvalue weighted by Gasteiger charge is -2.26. The van der Waals surface area contributed by atoms with Crippen LogP contribution in [-0.4, -0.2) is 73.0 Å². The maximum absolute atomic E-state index is 12.8. The van der Waals surface area contributed by atoms with Gasteiger partial charge in [0.2, 0.25) is 0 Å². The summed E-state index contributed by atoms with van der Waals surface area (Å²) in [6.07, 6.45) is 1.41. The van der Waals surface area contributed by atoms with Gasteiger partial charge in [0.1, 0.15) is 5.60 Å². The smallest absolute Gasteiger partial charge is 0.407 e. The summed E-state index contributed by atoms with van der Waals surface area (Å²) in [4.78, 5) is 26.9. The van der Waals surface area contributed by atoms with Gasteiger partial charge in [-0.15, -0.1) is 0 Å². The summed E-state index contributed by atoms with van der Waals surface area (Å²) >= 11 is 0. The Morgan fingerprint density at radius 2 is 1.77 bits per heavy atom. The third kappa shape index (κ3) is 6.21. The first-order valence-electron chi connectivity index (χ1n) is 10.5. The van der Waals surface area contributed by atoms with Gasteiger partial charge in [-0.2, -0.15) is 0 Å². The molecule has 0 bridgehead atoms. The van der Waals surface area contributed by atoms with Crippen LogP contribution in [-0.2, 0) is 16.0 Å². The number of alkyl carbamates (subject to hydrolysis) is 1. The van der Waals surface area contributed by atoms with Crippen molar-refractivity contribution in [3.05, 3.63) is 36.0 Å². The normalized spacial score (nSPS) is 15.2. The number of amides is 2. The molecule has 2 N–H and O–H groups in total. The first-order valence-corrected chi connectivity index (χ1v) is 10.5. The number of para-hydroxylation sites is 1. The lowest BCUT2D eigenvalue weighted by molar-refractivity contribution is 0.0383. The van der Waals surface area contributed by atoms with Gasteiger partial charge in [-0.3, -0.25) is 9.69 Å². The number of hydrogen-bond donors (Lipinski definition) is 2. The van der Waals surface area contributed by atoms with E-state index >= 15 is 0 Å². The van der Waals surface area contributed by atoms with Crippen LogP contribution in [0.2, 0.25) is 0 Å². The highest BCUT2D eigenvalue weighted by molar-refractivity contribution is 6.07. The van der Waals surface area contributed by atoms with Gasteiger partial charge in [0, 0.05) is 56.4 Å². The molecule has 1 aliphatic rings. The second kappa shape index (κ2) is 9.95. The highest BCUT2D eigenvalue weighted by Crippen LogP contribution is 2.21. The first kappa shape index (κ1) is 22.1. The van der Waals surface area contributed by atoms with Crippen LogP contribution in [0.4, 0.5) is 4.79 Å². The van der Waals surface area contributed by atoms with E-state index in [0.29, 0.717) is 25.2 Å². The van der Waals surface area contributed by atoms with Gasteiger partial charge in [0.15, 0.2) is 0 Å². The van der Waals surface area contributed by atoms with E-state index in [2.05, 4.69) is 15.5 Å². The van der Waals surface area contributed by atoms with Crippen molar-refractivity contribution >= 4 is 22.9 Å². The number of hydrogen-bond acceptors (Lipinski definition) is 5. The number of morpholine rings is 1. The van der Waals surface area contributed by atoms with Gasteiger partial charge >= 0.3 is 6.09 Å². The SMILES string of the molecule is CC(C)(C)OC(=O)NCCn1cc(C(=O)NCCN2CCOCC2)c2ccccc21. The van der Waals surface area contributed by atoms with Gasteiger partial charge in [0.25, 0.3) is 5.91 Å². The van der Waals surface area contributed by atoms with E-state index in [1.54, 1.807) is 0 Å². The summed E-state index contributed by atoms with van der Waals surface area (Å²) in [7, 11) is 0. The third-order valence-corrected chi connectivity index (χ3v) is 4.87. The molecule has 0 radical (unpaired) electrons. The summed E-state index contributed by atoms with van der Waals surface area (Å²) in [5.41, 5.74) is 1.07. The molecule has 1 aliphatic heterocycles. The Bertz CT molecular complexity index is 866. The van der Waals surface area contributed by atoms with E-state index in [9.17, 15) is 9.59 Å². The minimum absolute atomic E-state index is 0.0849. The molecular formula is C22H32N4O4. The fourth-order valence-electron chi connectivity index (χ4n) is 3.45. The molecule has 0 aliphatic carbocycles. The van der Waals surface area contributed by atoms with Gasteiger partial charge in [-0.25, -0.2) is 4.79 Å². The first-order chi connectivity index (χ1) is 14.3. The molecule has 0 spiro atoms. The molecule has 1 aromatic heterocycles. The van der Waals surface area contributed by atoms with E-state index < -0.39 is 11.7 Å². The zero-order valence-corrected chi connectivity index (χ0v) is 18.1. The molecule has 8 heteroatoms. The molecule has 8 nitrogen and oxygen atoms in total. The number of rotatable bonds is 7. The zero-order chi connectivity index (χ0) is 21.6. The van der Waals surface area contributed by atoms with Gasteiger partial charge < -0.3 is 24.7 Å². The van der Waals surface area contributed by atoms with Crippen LogP contribution in [0.15, 0.2) is 30.5 Å². The summed E-state index contributed by atoms with van der Waals surface area (Å²) in [5.74, 6) is -0.0849. The van der Waals surface area contributed by atoms with Crippen LogP contribution >= 0.6 is 0 Å². The largest absolute Gasteiger partial charge is 0.444 e. The standard InChI is InChI=1S/C22H32N4O4/c1-22(2,3)30-21(28)24-9-11-26-16-18(17-6-4-5-7-19(17)26)20(27)23-8-10-25-12-14-29-15-13-25/h4-7,16H,8-15H2,1-3H3,(H,23,27)(H,24,28). The van der Waals surface area contributed by atoms with Crippen LogP contribution in [0.1, 0.15) is 31.1 Å². The maximum Gasteiger partial charge on any atom is 0.407 e. The van der Waals surface area contributed by atoms with Gasteiger partial charge in [-0.05, 0) is 26.8 Å². The van der Waals surface area contributed by atoms with Crippen LogP contribution in [0.25, 0.3) is 10.9 Å². The molecule has 0 unspecified atom stereocenters. The van der Waals surface area contributed by atoms with Crippen molar-refractivity contribution in [2.75, 3.05) is 45.9 Å². The average Bonchev–Trinajstić information content (AvgIpc) is 3.06. The Morgan fingerprint density at radius 1 is 1.07 bits per heavy atom. The molecule has 164 valence electrons. The Hall–Kier alpha value is -2.58. The van der Waals surface area contributed by atoms with Crippen LogP contribution in [0.5, 0.6) is 0 Å². The fourth-order valence-corrected chi connectivity index (χ4v) is 3.45. The van der Waals surface area contributed by atoms with Crippen molar-refractivity contribution in [1.82, 2.24) is 20.1 Å². The predicted molar refractivity (Wildman–Crippen MR) is 116 cm³/mol. The molecule has 2 amide bonds. The number of carbonyl (C=O) groups excluding carboxylic acids is 2. The van der Waals surface area contributed by atoms with Gasteiger partial charge in [0.05, 0.1) is 18.8 Å². The number of benzene rings is 1. The number of aromatic nitrogens is 1. The van der Waals surface area contributed by atoms with Crippen molar-refractivity contribution in [3.8, 4) is 0 Å². The quantitative estimate of drug-likeness (QED) is 0.723. The van der Waals surface area contributed by atoms with Crippen LogP contribution in [0, 0.1) is 0 Å². The highest BCUT2D eigenvalue weighted by Gasteiger charge is 2.17. The van der Waals surface area contributed by atoms with Crippen molar-refractivity contribution in [2.45, 2.75) is 32.9 Å². The lowest BCUT2D eigenvalue weighted by atomic mass is 10.1. The average molecular weight is 417 g/mol. The second-order valence-electron chi connectivity index (χ2n) is 8.39. The third-order valence-electron chi connectivity index (χ3n) is 4.87. The van der Waals surface area contributed by atoms with E-state index in [1.807, 2.05) is 55.8 Å². The molecule has 0 saturated carbocycles. The molecule has 30 heavy (non-hydrogen) atoms. The monoisotopic (exact) mass is 416 g/mol. The Kier molecular flexibility index (Phi) is 7.33. The van der Waals surface area contributed by atoms with Gasteiger partial charge in [-0.1, -0.05) is 18.2 Å². The lowest BCUT2D eigenvalue weighted by Crippen LogP contribution is -2.41. The molecule has 0 atom stereocenters. The Labute approximate surface area is 177 Å². The zero-order valence-electron chi connectivity index (χ0n) is 18.1. The Balaban J connectivity index is 1.58. The van der Waals surface area contributed by atoms with E-state index in [1.165, 1.54) is 0 Å². The van der Waals surface area contributed by atoms with Crippen molar-refractivity contribution in [2.24, 2.45) is 0 Å². The summed E-state index contributed by atoms with van der Waals surface area (Å²) in [5, 5.41) is 6.69.